The van der Waals surface area contributed by atoms with Crippen LogP contribution in [-0.2, 0) is 0 Å². The number of nitrogens with one attached hydrogen (secondary N) is 1. The van der Waals surface area contributed by atoms with E-state index in [1.54, 1.807) is 0 Å². The second-order valence-corrected chi connectivity index (χ2v) is 5.30. The Morgan fingerprint density at radius 1 is 1.47 bits per heavy atom. The summed E-state index contributed by atoms with van der Waals surface area (Å²) in [5, 5.41) is 3.37. The number of likely N-dealkylation sites (N-methyl/N-ethyl adjacent to an activating group) is 1. The van der Waals surface area contributed by atoms with Gasteiger partial charge in [-0.2, -0.15) is 0 Å². The summed E-state index contributed by atoms with van der Waals surface area (Å²) in [7, 11) is 2.06. The van der Waals surface area contributed by atoms with Crippen molar-refractivity contribution in [2.24, 2.45) is 0 Å². The topological polar surface area (TPSA) is 15.3 Å². The van der Waals surface area contributed by atoms with Crippen LogP contribution in [0.2, 0.25) is 0 Å². The highest BCUT2D eigenvalue weighted by Gasteiger charge is 2.18. The molecule has 0 saturated carbocycles. The molecule has 1 saturated heterocycles. The molecular formula is C12H17IN2. The second kappa shape index (κ2) is 5.16. The third-order valence-electron chi connectivity index (χ3n) is 3.00. The molecule has 1 aromatic carbocycles. The molecule has 1 atom stereocenters. The summed E-state index contributed by atoms with van der Waals surface area (Å²) in [5.74, 6) is 0. The summed E-state index contributed by atoms with van der Waals surface area (Å²) in [4.78, 5) is 2.48. The van der Waals surface area contributed by atoms with Gasteiger partial charge in [-0.05, 0) is 60.7 Å². The van der Waals surface area contributed by atoms with Gasteiger partial charge in [0.15, 0.2) is 0 Å². The molecule has 1 heterocycles. The van der Waals surface area contributed by atoms with Crippen molar-refractivity contribution < 1.29 is 0 Å². The van der Waals surface area contributed by atoms with E-state index in [4.69, 9.17) is 0 Å². The molecule has 1 aliphatic heterocycles. The molecule has 1 aromatic rings. The van der Waals surface area contributed by atoms with Crippen LogP contribution in [0.3, 0.4) is 0 Å². The average Bonchev–Trinajstić information content (AvgIpc) is 2.29. The lowest BCUT2D eigenvalue weighted by atomic mass is 10.1. The van der Waals surface area contributed by atoms with Gasteiger partial charge in [0.25, 0.3) is 0 Å². The number of nitrogens with zero attached hydrogens (tertiary/aromatic N) is 1. The van der Waals surface area contributed by atoms with Gasteiger partial charge in [0.1, 0.15) is 0 Å². The van der Waals surface area contributed by atoms with E-state index in [2.05, 4.69) is 64.1 Å². The monoisotopic (exact) mass is 316 g/mol. The van der Waals surface area contributed by atoms with Gasteiger partial charge in [-0.15, -0.1) is 0 Å². The van der Waals surface area contributed by atoms with Crippen LogP contribution in [0, 0.1) is 3.57 Å². The number of halogens is 1. The maximum absolute atomic E-state index is 3.37. The van der Waals surface area contributed by atoms with Gasteiger partial charge in [-0.1, -0.05) is 6.07 Å². The highest BCUT2D eigenvalue weighted by atomic mass is 127. The zero-order valence-electron chi connectivity index (χ0n) is 9.04. The zero-order chi connectivity index (χ0) is 10.7. The summed E-state index contributed by atoms with van der Waals surface area (Å²) in [6.07, 6.45) is 2.59. The van der Waals surface area contributed by atoms with Crippen molar-refractivity contribution in [3.63, 3.8) is 0 Å². The SMILES string of the molecule is CNC1CCCN(c2cccc(I)c2)C1. The van der Waals surface area contributed by atoms with Gasteiger partial charge in [-0.25, -0.2) is 0 Å². The van der Waals surface area contributed by atoms with Crippen LogP contribution in [0.25, 0.3) is 0 Å². The van der Waals surface area contributed by atoms with Gasteiger partial charge in [0.2, 0.25) is 0 Å². The predicted octanol–water partition coefficient (Wildman–Crippen LogP) is 2.48. The molecule has 2 rings (SSSR count). The van der Waals surface area contributed by atoms with Gasteiger partial charge in [0.05, 0.1) is 0 Å². The Balaban J connectivity index is 2.09. The van der Waals surface area contributed by atoms with Crippen LogP contribution in [0.4, 0.5) is 5.69 Å². The van der Waals surface area contributed by atoms with Gasteiger partial charge < -0.3 is 10.2 Å². The third kappa shape index (κ3) is 2.84. The predicted molar refractivity (Wildman–Crippen MR) is 73.5 cm³/mol. The third-order valence-corrected chi connectivity index (χ3v) is 3.67. The molecule has 1 N–H and O–H groups in total. The molecule has 0 bridgehead atoms. The minimum atomic E-state index is 0.650. The summed E-state index contributed by atoms with van der Waals surface area (Å²) >= 11 is 2.37. The van der Waals surface area contributed by atoms with Crippen LogP contribution in [0.1, 0.15) is 12.8 Å². The first-order chi connectivity index (χ1) is 7.29. The number of piperidine rings is 1. The second-order valence-electron chi connectivity index (χ2n) is 4.05. The summed E-state index contributed by atoms with van der Waals surface area (Å²) < 4.78 is 1.32. The first-order valence-corrected chi connectivity index (χ1v) is 6.55. The molecule has 82 valence electrons. The summed E-state index contributed by atoms with van der Waals surface area (Å²) in [6.45, 7) is 2.33. The van der Waals surface area contributed by atoms with E-state index in [1.165, 1.54) is 28.6 Å². The van der Waals surface area contributed by atoms with E-state index in [0.717, 1.165) is 6.54 Å². The van der Waals surface area contributed by atoms with Crippen LogP contribution in [-0.4, -0.2) is 26.2 Å². The summed E-state index contributed by atoms with van der Waals surface area (Å²) in [6, 6.07) is 9.40. The molecular weight excluding hydrogens is 299 g/mol. The highest BCUT2D eigenvalue weighted by Crippen LogP contribution is 2.21. The number of hydrogen-bond acceptors (Lipinski definition) is 2. The number of anilines is 1. The first-order valence-electron chi connectivity index (χ1n) is 5.47. The molecule has 1 aliphatic rings. The Morgan fingerprint density at radius 3 is 3.07 bits per heavy atom. The molecule has 0 radical (unpaired) electrons. The van der Waals surface area contributed by atoms with Gasteiger partial charge in [-0.3, -0.25) is 0 Å². The molecule has 3 heteroatoms. The lowest BCUT2D eigenvalue weighted by Gasteiger charge is -2.34. The normalized spacial score (nSPS) is 21.7. The number of rotatable bonds is 2. The van der Waals surface area contributed by atoms with Crippen LogP contribution < -0.4 is 10.2 Å². The fourth-order valence-corrected chi connectivity index (χ4v) is 2.65. The fraction of sp³-hybridized carbons (Fsp3) is 0.500. The molecule has 2 nitrogen and oxygen atoms in total. The van der Waals surface area contributed by atoms with E-state index in [-0.39, 0.29) is 0 Å². The minimum Gasteiger partial charge on any atom is -0.370 e. The average molecular weight is 316 g/mol. The highest BCUT2D eigenvalue weighted by molar-refractivity contribution is 14.1. The van der Waals surface area contributed by atoms with Crippen LogP contribution in [0.15, 0.2) is 24.3 Å². The maximum atomic E-state index is 3.37. The van der Waals surface area contributed by atoms with Crippen molar-refractivity contribution in [1.29, 1.82) is 0 Å². The maximum Gasteiger partial charge on any atom is 0.0377 e. The van der Waals surface area contributed by atoms with Crippen LogP contribution >= 0.6 is 22.6 Å². The van der Waals surface area contributed by atoms with Crippen molar-refractivity contribution in [2.75, 3.05) is 25.0 Å². The molecule has 0 amide bonds. The molecule has 0 spiro atoms. The van der Waals surface area contributed by atoms with Crippen molar-refractivity contribution in [3.8, 4) is 0 Å². The Morgan fingerprint density at radius 2 is 2.33 bits per heavy atom. The zero-order valence-corrected chi connectivity index (χ0v) is 11.2. The van der Waals surface area contributed by atoms with E-state index >= 15 is 0 Å². The smallest absolute Gasteiger partial charge is 0.0377 e. The van der Waals surface area contributed by atoms with Crippen molar-refractivity contribution in [3.05, 3.63) is 27.8 Å². The fourth-order valence-electron chi connectivity index (χ4n) is 2.12. The van der Waals surface area contributed by atoms with E-state index in [0.29, 0.717) is 6.04 Å². The van der Waals surface area contributed by atoms with Gasteiger partial charge in [0, 0.05) is 28.4 Å². The molecule has 1 unspecified atom stereocenters. The van der Waals surface area contributed by atoms with Crippen LogP contribution in [0.5, 0.6) is 0 Å². The largest absolute Gasteiger partial charge is 0.370 e. The molecule has 0 aliphatic carbocycles. The summed E-state index contributed by atoms with van der Waals surface area (Å²) in [5.41, 5.74) is 1.36. The first kappa shape index (κ1) is 11.2. The standard InChI is InChI=1S/C12H17IN2/c1-14-11-5-3-7-15(9-11)12-6-2-4-10(13)8-12/h2,4,6,8,11,14H,3,5,7,9H2,1H3. The van der Waals surface area contributed by atoms with E-state index in [9.17, 15) is 0 Å². The van der Waals surface area contributed by atoms with Gasteiger partial charge >= 0.3 is 0 Å². The Kier molecular flexibility index (Phi) is 3.86. The van der Waals surface area contributed by atoms with Crippen molar-refractivity contribution in [2.45, 2.75) is 18.9 Å². The lowest BCUT2D eigenvalue weighted by Crippen LogP contribution is -2.44. The van der Waals surface area contributed by atoms with Crippen molar-refractivity contribution in [1.82, 2.24) is 5.32 Å². The molecule has 0 aromatic heterocycles. The lowest BCUT2D eigenvalue weighted by molar-refractivity contribution is 0.449. The van der Waals surface area contributed by atoms with E-state index < -0.39 is 0 Å². The minimum absolute atomic E-state index is 0.650. The molecule has 1 fully saturated rings. The number of hydrogen-bond donors (Lipinski definition) is 1. The Bertz CT molecular complexity index is 327. The Hall–Kier alpha value is -0.290. The quantitative estimate of drug-likeness (QED) is 0.844. The molecule has 15 heavy (non-hydrogen) atoms. The van der Waals surface area contributed by atoms with E-state index in [1.807, 2.05) is 0 Å². The Labute approximate surface area is 105 Å². The number of benzene rings is 1. The van der Waals surface area contributed by atoms with Crippen molar-refractivity contribution >= 4 is 28.3 Å².